The van der Waals surface area contributed by atoms with Crippen molar-refractivity contribution in [1.82, 2.24) is 9.80 Å². The Morgan fingerprint density at radius 1 is 0.871 bits per heavy atom. The highest BCUT2D eigenvalue weighted by Crippen LogP contribution is 2.25. The van der Waals surface area contributed by atoms with Gasteiger partial charge < -0.3 is 23.7 Å². The fourth-order valence-corrected chi connectivity index (χ4v) is 2.69. The first-order valence-electron chi connectivity index (χ1n) is 9.86. The lowest BCUT2D eigenvalue weighted by molar-refractivity contribution is 0.164. The lowest BCUT2D eigenvalue weighted by Gasteiger charge is -2.14. The number of carbonyl (C=O) groups excluding carboxylic acids is 2. The van der Waals surface area contributed by atoms with Gasteiger partial charge in [0.05, 0.1) is 10.9 Å². The number of nitrogens with zero attached hydrogens (tertiary/aromatic N) is 2. The van der Waals surface area contributed by atoms with E-state index in [0.29, 0.717) is 40.9 Å². The Balaban J connectivity index is 1.84. The molecule has 0 N–H and O–H groups in total. The quantitative estimate of drug-likeness (QED) is 0.605. The van der Waals surface area contributed by atoms with Gasteiger partial charge in [0, 0.05) is 33.3 Å². The third-order valence-corrected chi connectivity index (χ3v) is 4.89. The average molecular weight is 424 g/mol. The molecule has 0 spiro atoms. The molecule has 3 rings (SSSR count). The fourth-order valence-electron chi connectivity index (χ4n) is 2.69. The van der Waals surface area contributed by atoms with E-state index in [1.807, 2.05) is 13.8 Å². The molecule has 3 aromatic rings. The summed E-state index contributed by atoms with van der Waals surface area (Å²) >= 11 is 0. The van der Waals surface area contributed by atoms with Crippen molar-refractivity contribution in [2.75, 3.05) is 27.2 Å². The lowest BCUT2D eigenvalue weighted by Crippen LogP contribution is -2.29. The van der Waals surface area contributed by atoms with Crippen molar-refractivity contribution < 1.29 is 23.5 Å². The van der Waals surface area contributed by atoms with Crippen LogP contribution < -0.4 is 14.9 Å². The van der Waals surface area contributed by atoms with Crippen LogP contribution in [0.15, 0.2) is 57.9 Å². The lowest BCUT2D eigenvalue weighted by atomic mass is 10.1. The number of hydrogen-bond acceptors (Lipinski definition) is 6. The molecule has 1 heterocycles. The van der Waals surface area contributed by atoms with Crippen molar-refractivity contribution in [3.8, 4) is 22.6 Å². The van der Waals surface area contributed by atoms with Gasteiger partial charge in [0.1, 0.15) is 23.3 Å². The molecule has 0 fully saturated rings. The summed E-state index contributed by atoms with van der Waals surface area (Å²) in [6.07, 6.45) is 0.411. The van der Waals surface area contributed by atoms with Crippen molar-refractivity contribution in [1.29, 1.82) is 0 Å². The number of carbonyl (C=O) groups is 2. The molecule has 2 aromatic carbocycles. The summed E-state index contributed by atoms with van der Waals surface area (Å²) in [5, 5.41) is 0.362. The predicted octanol–water partition coefficient (Wildman–Crippen LogP) is 4.36. The average Bonchev–Trinajstić information content (AvgIpc) is 2.78. The van der Waals surface area contributed by atoms with Gasteiger partial charge in [-0.15, -0.1) is 0 Å². The number of amides is 2. The molecule has 1 aromatic heterocycles. The maximum Gasteiger partial charge on any atom is 0.414 e. The van der Waals surface area contributed by atoms with Crippen LogP contribution in [0, 0.1) is 0 Å². The van der Waals surface area contributed by atoms with Crippen molar-refractivity contribution in [3.63, 3.8) is 0 Å². The van der Waals surface area contributed by atoms with Gasteiger partial charge in [-0.1, -0.05) is 12.1 Å². The molecule has 31 heavy (non-hydrogen) atoms. The molecule has 0 atom stereocenters. The Kier molecular flexibility index (Phi) is 6.59. The van der Waals surface area contributed by atoms with Crippen LogP contribution in [0.4, 0.5) is 9.59 Å². The zero-order valence-corrected chi connectivity index (χ0v) is 17.9. The maximum absolute atomic E-state index is 12.9. The largest absolute Gasteiger partial charge is 0.463 e. The van der Waals surface area contributed by atoms with Gasteiger partial charge in [-0.2, -0.15) is 0 Å². The van der Waals surface area contributed by atoms with Crippen LogP contribution >= 0.6 is 0 Å². The third-order valence-electron chi connectivity index (χ3n) is 4.89. The highest BCUT2D eigenvalue weighted by atomic mass is 16.6. The number of rotatable bonds is 5. The van der Waals surface area contributed by atoms with E-state index >= 15 is 0 Å². The molecule has 0 unspecified atom stereocenters. The molecule has 8 heteroatoms. The van der Waals surface area contributed by atoms with Crippen molar-refractivity contribution in [3.05, 3.63) is 59.0 Å². The summed E-state index contributed by atoms with van der Waals surface area (Å²) in [5.41, 5.74) is 1.08. The van der Waals surface area contributed by atoms with Gasteiger partial charge in [-0.25, -0.2) is 9.59 Å². The van der Waals surface area contributed by atoms with Crippen LogP contribution in [0.3, 0.4) is 0 Å². The van der Waals surface area contributed by atoms with Gasteiger partial charge in [-0.3, -0.25) is 4.79 Å². The van der Waals surface area contributed by atoms with Crippen molar-refractivity contribution >= 4 is 23.2 Å². The normalized spacial score (nSPS) is 10.6. The molecular weight excluding hydrogens is 400 g/mol. The summed E-state index contributed by atoms with van der Waals surface area (Å²) in [7, 11) is 3.27. The van der Waals surface area contributed by atoms with Gasteiger partial charge >= 0.3 is 12.2 Å². The molecule has 0 aliphatic heterocycles. The van der Waals surface area contributed by atoms with Crippen LogP contribution in [0.5, 0.6) is 11.5 Å². The molecule has 0 aliphatic rings. The molecule has 0 saturated carbocycles. The van der Waals surface area contributed by atoms with E-state index in [-0.39, 0.29) is 11.2 Å². The Hall–Kier alpha value is -3.81. The minimum Gasteiger partial charge on any atom is -0.463 e. The molecule has 2 amide bonds. The minimum absolute atomic E-state index is 0.222. The smallest absolute Gasteiger partial charge is 0.414 e. The van der Waals surface area contributed by atoms with E-state index in [0.717, 1.165) is 0 Å². The summed E-state index contributed by atoms with van der Waals surface area (Å²) in [6, 6.07) is 11.2. The molecule has 8 nitrogen and oxygen atoms in total. The standard InChI is InChI=1S/C23H24N2O6/c1-5-24(3)22(27)30-16-9-7-15(8-10-16)19-14-29-20-13-17(11-12-18(20)21(19)26)31-23(28)25(4)6-2/h7-14H,5-6H2,1-4H3. The molecule has 0 radical (unpaired) electrons. The van der Waals surface area contributed by atoms with Gasteiger partial charge in [0.2, 0.25) is 0 Å². The Morgan fingerprint density at radius 2 is 1.42 bits per heavy atom. The van der Waals surface area contributed by atoms with Gasteiger partial charge in [0.25, 0.3) is 0 Å². The number of fused-ring (bicyclic) bond motifs is 1. The van der Waals surface area contributed by atoms with Crippen LogP contribution in [-0.2, 0) is 0 Å². The Labute approximate surface area is 179 Å². The van der Waals surface area contributed by atoms with Crippen LogP contribution in [-0.4, -0.2) is 49.2 Å². The van der Waals surface area contributed by atoms with Crippen molar-refractivity contribution in [2.24, 2.45) is 0 Å². The fraction of sp³-hybridized carbons (Fsp3) is 0.261. The monoisotopic (exact) mass is 424 g/mol. The Morgan fingerprint density at radius 3 is 2.00 bits per heavy atom. The van der Waals surface area contributed by atoms with Gasteiger partial charge in [-0.05, 0) is 43.7 Å². The minimum atomic E-state index is -0.494. The summed E-state index contributed by atoms with van der Waals surface area (Å²) in [5.74, 6) is 0.666. The van der Waals surface area contributed by atoms with E-state index in [9.17, 15) is 14.4 Å². The second-order valence-electron chi connectivity index (χ2n) is 6.93. The topological polar surface area (TPSA) is 89.3 Å². The van der Waals surface area contributed by atoms with Crippen molar-refractivity contribution in [2.45, 2.75) is 13.8 Å². The number of ether oxygens (including phenoxy) is 2. The second-order valence-corrected chi connectivity index (χ2v) is 6.93. The Bertz CT molecular complexity index is 1150. The van der Waals surface area contributed by atoms with E-state index in [2.05, 4.69) is 0 Å². The molecule has 162 valence electrons. The maximum atomic E-state index is 12.9. The first kappa shape index (κ1) is 21.9. The van der Waals surface area contributed by atoms with E-state index in [4.69, 9.17) is 13.9 Å². The van der Waals surface area contributed by atoms with E-state index < -0.39 is 12.2 Å². The van der Waals surface area contributed by atoms with Crippen LogP contribution in [0.2, 0.25) is 0 Å². The highest BCUT2D eigenvalue weighted by Gasteiger charge is 2.14. The zero-order valence-electron chi connectivity index (χ0n) is 17.9. The van der Waals surface area contributed by atoms with E-state index in [1.165, 1.54) is 22.1 Å². The third kappa shape index (κ3) is 4.85. The van der Waals surface area contributed by atoms with Crippen LogP contribution in [0.1, 0.15) is 13.8 Å². The van der Waals surface area contributed by atoms with E-state index in [1.54, 1.807) is 50.5 Å². The predicted molar refractivity (Wildman–Crippen MR) is 117 cm³/mol. The first-order valence-corrected chi connectivity index (χ1v) is 9.86. The summed E-state index contributed by atoms with van der Waals surface area (Å²) in [4.78, 5) is 39.6. The molecule has 0 aliphatic carbocycles. The van der Waals surface area contributed by atoms with Crippen LogP contribution in [0.25, 0.3) is 22.1 Å². The summed E-state index contributed by atoms with van der Waals surface area (Å²) in [6.45, 7) is 4.73. The number of hydrogen-bond donors (Lipinski definition) is 0. The molecule has 0 bridgehead atoms. The molecular formula is C23H24N2O6. The summed E-state index contributed by atoms with van der Waals surface area (Å²) < 4.78 is 16.2. The first-order chi connectivity index (χ1) is 14.8. The number of benzene rings is 2. The SMILES string of the molecule is CCN(C)C(=O)Oc1ccc(-c2coc3cc(OC(=O)N(C)CC)ccc3c2=O)cc1. The zero-order chi connectivity index (χ0) is 22.5. The second kappa shape index (κ2) is 9.34. The highest BCUT2D eigenvalue weighted by molar-refractivity contribution is 5.83. The van der Waals surface area contributed by atoms with Gasteiger partial charge in [0.15, 0.2) is 5.43 Å². The molecule has 0 saturated heterocycles.